The number of ether oxygens (including phenoxy) is 1. The second-order valence-electron chi connectivity index (χ2n) is 11.9. The predicted molar refractivity (Wildman–Crippen MR) is 128 cm³/mol. The van der Waals surface area contributed by atoms with Gasteiger partial charge in [-0.3, -0.25) is 14.4 Å². The van der Waals surface area contributed by atoms with Gasteiger partial charge in [-0.1, -0.05) is 45.6 Å². The fourth-order valence-electron chi connectivity index (χ4n) is 8.18. The van der Waals surface area contributed by atoms with E-state index < -0.39 is 29.5 Å². The van der Waals surface area contributed by atoms with Crippen molar-refractivity contribution in [3.63, 3.8) is 0 Å². The summed E-state index contributed by atoms with van der Waals surface area (Å²) in [5.74, 6) is -0.277. The van der Waals surface area contributed by atoms with Gasteiger partial charge in [0.1, 0.15) is 5.60 Å². The Morgan fingerprint density at radius 2 is 1.88 bits per heavy atom. The van der Waals surface area contributed by atoms with E-state index in [4.69, 9.17) is 4.74 Å². The summed E-state index contributed by atoms with van der Waals surface area (Å²) in [5, 5.41) is 23.1. The Labute approximate surface area is 203 Å². The molecule has 0 radical (unpaired) electrons. The lowest BCUT2D eigenvalue weighted by atomic mass is 9.45. The molecule has 0 aromatic carbocycles. The van der Waals surface area contributed by atoms with Crippen LogP contribution in [0.25, 0.3) is 0 Å². The molecular weight excluding hydrogens is 432 g/mol. The van der Waals surface area contributed by atoms with Crippen molar-refractivity contribution < 1.29 is 29.3 Å². The minimum Gasteiger partial charge on any atom is -0.458 e. The fraction of sp³-hybridized carbons (Fsp3) is 0.821. The van der Waals surface area contributed by atoms with Crippen LogP contribution in [0.15, 0.2) is 11.6 Å². The molecule has 0 saturated heterocycles. The van der Waals surface area contributed by atoms with E-state index in [-0.39, 0.29) is 34.9 Å². The van der Waals surface area contributed by atoms with Gasteiger partial charge in [0.05, 0.1) is 6.10 Å². The maximum absolute atomic E-state index is 13.2. The van der Waals surface area contributed by atoms with Gasteiger partial charge in [0.25, 0.3) is 0 Å². The van der Waals surface area contributed by atoms with Crippen LogP contribution in [0.3, 0.4) is 0 Å². The molecule has 0 amide bonds. The Hall–Kier alpha value is -1.53. The number of aliphatic hydroxyl groups is 2. The Morgan fingerprint density at radius 3 is 2.62 bits per heavy atom. The molecule has 0 spiro atoms. The number of hydrogen-bond acceptors (Lipinski definition) is 6. The third kappa shape index (κ3) is 4.09. The first kappa shape index (κ1) is 25.6. The second-order valence-corrected chi connectivity index (χ2v) is 11.9. The largest absolute Gasteiger partial charge is 0.458 e. The number of carbonyl (C=O) groups excluding carboxylic acids is 3. The van der Waals surface area contributed by atoms with Crippen LogP contribution in [0.4, 0.5) is 0 Å². The van der Waals surface area contributed by atoms with E-state index in [1.54, 1.807) is 0 Å². The van der Waals surface area contributed by atoms with Gasteiger partial charge in [0.2, 0.25) is 5.78 Å². The predicted octanol–water partition coefficient (Wildman–Crippen LogP) is 4.30. The Morgan fingerprint density at radius 1 is 1.12 bits per heavy atom. The van der Waals surface area contributed by atoms with Crippen LogP contribution in [0.2, 0.25) is 0 Å². The lowest BCUT2D eigenvalue weighted by Crippen LogP contribution is -2.62. The van der Waals surface area contributed by atoms with Gasteiger partial charge in [-0.05, 0) is 74.2 Å². The van der Waals surface area contributed by atoms with Gasteiger partial charge in [-0.2, -0.15) is 0 Å². The van der Waals surface area contributed by atoms with E-state index in [9.17, 15) is 24.6 Å². The summed E-state index contributed by atoms with van der Waals surface area (Å²) in [6.45, 7) is 5.85. The van der Waals surface area contributed by atoms with Crippen LogP contribution >= 0.6 is 0 Å². The van der Waals surface area contributed by atoms with E-state index >= 15 is 0 Å². The molecule has 34 heavy (non-hydrogen) atoms. The Kier molecular flexibility index (Phi) is 7.14. The molecular formula is C28H42O6. The van der Waals surface area contributed by atoms with Crippen molar-refractivity contribution in [3.8, 4) is 0 Å². The smallest absolute Gasteiger partial charge is 0.306 e. The van der Waals surface area contributed by atoms with Gasteiger partial charge >= 0.3 is 5.97 Å². The summed E-state index contributed by atoms with van der Waals surface area (Å²) in [6, 6.07) is 0. The van der Waals surface area contributed by atoms with Crippen LogP contribution in [0, 0.1) is 28.6 Å². The molecule has 4 rings (SSSR count). The highest BCUT2D eigenvalue weighted by Gasteiger charge is 2.68. The first-order valence-electron chi connectivity index (χ1n) is 13.4. The number of allylic oxidation sites excluding steroid dienone is 1. The van der Waals surface area contributed by atoms with Gasteiger partial charge in [-0.25, -0.2) is 0 Å². The molecule has 0 aromatic rings. The maximum atomic E-state index is 13.2. The minimum atomic E-state index is -1.59. The average Bonchev–Trinajstić information content (AvgIpc) is 3.06. The monoisotopic (exact) mass is 474 g/mol. The van der Waals surface area contributed by atoms with Crippen LogP contribution in [-0.2, 0) is 19.1 Å². The quantitative estimate of drug-likeness (QED) is 0.402. The summed E-state index contributed by atoms with van der Waals surface area (Å²) < 4.78 is 5.27. The fourth-order valence-corrected chi connectivity index (χ4v) is 8.18. The molecule has 4 aliphatic carbocycles. The second kappa shape index (κ2) is 9.50. The van der Waals surface area contributed by atoms with Crippen LogP contribution in [0.1, 0.15) is 97.8 Å². The van der Waals surface area contributed by atoms with Crippen molar-refractivity contribution in [2.45, 2.75) is 110 Å². The summed E-state index contributed by atoms with van der Waals surface area (Å²) in [7, 11) is 0. The number of Topliss-reactive ketones (excluding diaryl/α,β-unsaturated/α-hetero) is 1. The highest BCUT2D eigenvalue weighted by atomic mass is 16.5. The number of aliphatic hydroxyl groups excluding tert-OH is 1. The number of carbonyl (C=O) groups is 3. The lowest BCUT2D eigenvalue weighted by Gasteiger charge is -2.60. The third-order valence-corrected chi connectivity index (χ3v) is 10.1. The highest BCUT2D eigenvalue weighted by Crippen LogP contribution is 2.67. The molecule has 0 bridgehead atoms. The highest BCUT2D eigenvalue weighted by molar-refractivity contribution is 5.92. The average molecular weight is 475 g/mol. The lowest BCUT2D eigenvalue weighted by molar-refractivity contribution is -0.184. The van der Waals surface area contributed by atoms with E-state index in [0.717, 1.165) is 51.4 Å². The number of fused-ring (bicyclic) bond motifs is 5. The van der Waals surface area contributed by atoms with E-state index in [1.807, 2.05) is 13.0 Å². The number of hydrogen-bond donors (Lipinski definition) is 2. The molecule has 4 unspecified atom stereocenters. The summed E-state index contributed by atoms with van der Waals surface area (Å²) >= 11 is 0. The van der Waals surface area contributed by atoms with Gasteiger partial charge < -0.3 is 14.9 Å². The van der Waals surface area contributed by atoms with Gasteiger partial charge in [-0.15, -0.1) is 0 Å². The number of unbranched alkanes of at least 4 members (excludes halogenated alkanes) is 3. The van der Waals surface area contributed by atoms with Crippen molar-refractivity contribution in [1.82, 2.24) is 0 Å². The third-order valence-electron chi connectivity index (χ3n) is 10.1. The molecule has 3 fully saturated rings. The van der Waals surface area contributed by atoms with Crippen molar-refractivity contribution in [1.29, 1.82) is 0 Å². The minimum absolute atomic E-state index is 0.0390. The zero-order chi connectivity index (χ0) is 24.7. The van der Waals surface area contributed by atoms with Crippen LogP contribution in [-0.4, -0.2) is 46.1 Å². The van der Waals surface area contributed by atoms with Gasteiger partial charge in [0, 0.05) is 18.3 Å². The van der Waals surface area contributed by atoms with Crippen LogP contribution < -0.4 is 0 Å². The molecule has 190 valence electrons. The Balaban J connectivity index is 1.47. The normalized spacial score (nSPS) is 41.2. The van der Waals surface area contributed by atoms with Crippen molar-refractivity contribution >= 4 is 17.5 Å². The van der Waals surface area contributed by atoms with Crippen molar-refractivity contribution in [2.24, 2.45) is 28.6 Å². The van der Waals surface area contributed by atoms with Crippen LogP contribution in [0.5, 0.6) is 0 Å². The molecule has 0 aliphatic heterocycles. The Bertz CT molecular complexity index is 863. The first-order valence-corrected chi connectivity index (χ1v) is 13.4. The standard InChI is InChI=1S/C28H42O6/c1-4-5-6-7-8-24(32)34-17-23(31)28(33)14-12-21-20-10-9-18-15-19(29)11-13-26(18,2)25(20)22(30)16-27(21,28)3/h15,20-22,25,30,33H,4-14,16-17H2,1-3H3/t20?,21?,22?,25?,26-,27-,28-/m0/s1. The molecule has 0 heterocycles. The summed E-state index contributed by atoms with van der Waals surface area (Å²) in [5.41, 5.74) is -1.37. The molecule has 6 nitrogen and oxygen atoms in total. The zero-order valence-corrected chi connectivity index (χ0v) is 21.1. The molecule has 4 aliphatic rings. The summed E-state index contributed by atoms with van der Waals surface area (Å²) in [6.07, 6.45) is 9.74. The van der Waals surface area contributed by atoms with E-state index in [0.29, 0.717) is 25.7 Å². The number of rotatable bonds is 8. The van der Waals surface area contributed by atoms with E-state index in [2.05, 4.69) is 13.8 Å². The van der Waals surface area contributed by atoms with Gasteiger partial charge in [0.15, 0.2) is 12.4 Å². The number of esters is 1. The zero-order valence-electron chi connectivity index (χ0n) is 21.1. The number of ketones is 2. The van der Waals surface area contributed by atoms with E-state index in [1.165, 1.54) is 5.57 Å². The SMILES string of the molecule is CCCCCCC(=O)OCC(=O)[C@@]1(O)CCC2C3CCC4=CC(=O)CC[C@]4(C)C3C(O)C[C@@]21C. The summed E-state index contributed by atoms with van der Waals surface area (Å²) in [4.78, 5) is 37.4. The van der Waals surface area contributed by atoms with Crippen molar-refractivity contribution in [3.05, 3.63) is 11.6 Å². The molecule has 6 heteroatoms. The molecule has 0 aromatic heterocycles. The molecule has 7 atom stereocenters. The molecule has 3 saturated carbocycles. The van der Waals surface area contributed by atoms with Crippen molar-refractivity contribution in [2.75, 3.05) is 6.61 Å². The first-order chi connectivity index (χ1) is 16.1. The topological polar surface area (TPSA) is 101 Å². The maximum Gasteiger partial charge on any atom is 0.306 e. The molecule has 2 N–H and O–H groups in total.